The van der Waals surface area contributed by atoms with Gasteiger partial charge in [-0.1, -0.05) is 12.1 Å². The molecule has 3 aromatic rings. The number of non-ortho nitro benzene ring substituents is 1. The zero-order chi connectivity index (χ0) is 22.7. The Morgan fingerprint density at radius 3 is 2.45 bits per heavy atom. The largest absolute Gasteiger partial charge is 0.457 e. The van der Waals surface area contributed by atoms with Gasteiger partial charge in [0.1, 0.15) is 23.2 Å². The van der Waals surface area contributed by atoms with E-state index < -0.39 is 15.6 Å². The summed E-state index contributed by atoms with van der Waals surface area (Å²) in [6.45, 7) is 3.41. The molecule has 0 N–H and O–H groups in total. The molecule has 0 bridgehead atoms. The first-order chi connectivity index (χ1) is 14.7. The zero-order valence-electron chi connectivity index (χ0n) is 16.5. The molecular formula is C22H15N3O6. The fourth-order valence-electron chi connectivity index (χ4n) is 2.97. The maximum Gasteiger partial charge on any atom is 0.273 e. The standard InChI is InChI=1S/C22H15N3O6/c1-13-8-16(11-20(14(13)2)25(29)30)21-7-6-19(31-21)10-17(12-23)22(26)15-4-3-5-18(9-15)24(27)28/h3-11H,1-2H3. The molecule has 0 aliphatic rings. The topological polar surface area (TPSA) is 140 Å². The second-order valence-corrected chi connectivity index (χ2v) is 6.70. The van der Waals surface area contributed by atoms with Gasteiger partial charge in [0.2, 0.25) is 5.78 Å². The van der Waals surface area contributed by atoms with Crippen LogP contribution in [-0.4, -0.2) is 15.6 Å². The van der Waals surface area contributed by atoms with Crippen molar-refractivity contribution >= 4 is 23.2 Å². The molecule has 0 aliphatic carbocycles. The first-order valence-corrected chi connectivity index (χ1v) is 8.98. The number of nitro benzene ring substituents is 2. The summed E-state index contributed by atoms with van der Waals surface area (Å²) in [7, 11) is 0. The molecule has 0 unspecified atom stereocenters. The predicted octanol–water partition coefficient (Wildman–Crippen LogP) is 5.17. The minimum Gasteiger partial charge on any atom is -0.457 e. The fraction of sp³-hybridized carbons (Fsp3) is 0.0909. The lowest BCUT2D eigenvalue weighted by atomic mass is 10.0. The van der Waals surface area contributed by atoms with Crippen LogP contribution in [-0.2, 0) is 0 Å². The van der Waals surface area contributed by atoms with E-state index in [-0.39, 0.29) is 28.3 Å². The van der Waals surface area contributed by atoms with Crippen molar-refractivity contribution in [1.29, 1.82) is 5.26 Å². The first kappa shape index (κ1) is 21.1. The number of Topliss-reactive ketones (excluding diaryl/α,β-unsaturated/α-hetero) is 1. The number of rotatable bonds is 6. The van der Waals surface area contributed by atoms with Crippen molar-refractivity contribution in [2.24, 2.45) is 0 Å². The van der Waals surface area contributed by atoms with Crippen molar-refractivity contribution < 1.29 is 19.1 Å². The van der Waals surface area contributed by atoms with Gasteiger partial charge < -0.3 is 4.42 Å². The summed E-state index contributed by atoms with van der Waals surface area (Å²) >= 11 is 0. The van der Waals surface area contributed by atoms with Gasteiger partial charge in [0.05, 0.1) is 9.85 Å². The molecule has 0 aliphatic heterocycles. The minimum absolute atomic E-state index is 0.00133. The number of nitrogens with zero attached hydrogens (tertiary/aromatic N) is 3. The van der Waals surface area contributed by atoms with Crippen LogP contribution in [0.15, 0.2) is 58.5 Å². The molecule has 0 spiro atoms. The molecule has 0 radical (unpaired) electrons. The summed E-state index contributed by atoms with van der Waals surface area (Å²) in [5.74, 6) is -0.172. The van der Waals surface area contributed by atoms with Crippen LogP contribution in [0.5, 0.6) is 0 Å². The zero-order valence-corrected chi connectivity index (χ0v) is 16.5. The maximum atomic E-state index is 12.6. The van der Waals surface area contributed by atoms with Crippen LogP contribution < -0.4 is 0 Å². The molecule has 3 rings (SSSR count). The summed E-state index contributed by atoms with van der Waals surface area (Å²) in [6.07, 6.45) is 1.22. The fourth-order valence-corrected chi connectivity index (χ4v) is 2.97. The molecule has 1 heterocycles. The lowest BCUT2D eigenvalue weighted by Crippen LogP contribution is -2.02. The molecule has 2 aromatic carbocycles. The quantitative estimate of drug-likeness (QED) is 0.177. The van der Waals surface area contributed by atoms with Crippen LogP contribution >= 0.6 is 0 Å². The molecule has 0 saturated carbocycles. The number of carbonyl (C=O) groups excluding carboxylic acids is 1. The number of aryl methyl sites for hydroxylation is 1. The van der Waals surface area contributed by atoms with E-state index in [2.05, 4.69) is 0 Å². The van der Waals surface area contributed by atoms with Crippen LogP contribution in [0.25, 0.3) is 17.4 Å². The highest BCUT2D eigenvalue weighted by Gasteiger charge is 2.18. The highest BCUT2D eigenvalue weighted by Crippen LogP contribution is 2.31. The van der Waals surface area contributed by atoms with Crippen molar-refractivity contribution in [2.45, 2.75) is 13.8 Å². The van der Waals surface area contributed by atoms with Crippen molar-refractivity contribution in [3.63, 3.8) is 0 Å². The van der Waals surface area contributed by atoms with Gasteiger partial charge in [0.25, 0.3) is 11.4 Å². The predicted molar refractivity (Wildman–Crippen MR) is 111 cm³/mol. The highest BCUT2D eigenvalue weighted by molar-refractivity contribution is 6.14. The van der Waals surface area contributed by atoms with Crippen LogP contribution in [0.4, 0.5) is 11.4 Å². The highest BCUT2D eigenvalue weighted by atomic mass is 16.6. The Kier molecular flexibility index (Phi) is 5.74. The summed E-state index contributed by atoms with van der Waals surface area (Å²) in [5, 5.41) is 31.6. The van der Waals surface area contributed by atoms with Crippen molar-refractivity contribution in [1.82, 2.24) is 0 Å². The monoisotopic (exact) mass is 417 g/mol. The Morgan fingerprint density at radius 2 is 1.81 bits per heavy atom. The van der Waals surface area contributed by atoms with Gasteiger partial charge in [-0.15, -0.1) is 0 Å². The average Bonchev–Trinajstić information content (AvgIpc) is 3.21. The third kappa shape index (κ3) is 4.38. The number of nitriles is 1. The van der Waals surface area contributed by atoms with Gasteiger partial charge in [-0.3, -0.25) is 25.0 Å². The Morgan fingerprint density at radius 1 is 1.06 bits per heavy atom. The molecule has 154 valence electrons. The average molecular weight is 417 g/mol. The Labute approximate surface area is 176 Å². The Bertz CT molecular complexity index is 1300. The third-order valence-corrected chi connectivity index (χ3v) is 4.72. The first-order valence-electron chi connectivity index (χ1n) is 8.98. The van der Waals surface area contributed by atoms with Gasteiger partial charge in [0, 0.05) is 41.0 Å². The number of hydrogen-bond donors (Lipinski definition) is 0. The van der Waals surface area contributed by atoms with Crippen LogP contribution in [0.3, 0.4) is 0 Å². The SMILES string of the molecule is Cc1cc(-c2ccc(C=C(C#N)C(=O)c3cccc([N+](=O)[O-])c3)o2)cc([N+](=O)[O-])c1C. The number of carbonyl (C=O) groups is 1. The number of furan rings is 1. The van der Waals surface area contributed by atoms with E-state index in [1.54, 1.807) is 32.0 Å². The maximum absolute atomic E-state index is 12.6. The molecule has 0 saturated heterocycles. The lowest BCUT2D eigenvalue weighted by molar-refractivity contribution is -0.385. The van der Waals surface area contributed by atoms with Crippen molar-refractivity contribution in [2.75, 3.05) is 0 Å². The molecule has 9 nitrogen and oxygen atoms in total. The Balaban J connectivity index is 1.96. The van der Waals surface area contributed by atoms with Crippen LogP contribution in [0, 0.1) is 45.4 Å². The number of ketones is 1. The van der Waals surface area contributed by atoms with Crippen molar-refractivity contribution in [3.8, 4) is 17.4 Å². The molecule has 9 heteroatoms. The number of benzene rings is 2. The number of allylic oxidation sites excluding steroid dienone is 1. The van der Waals surface area contributed by atoms with E-state index in [9.17, 15) is 30.3 Å². The summed E-state index contributed by atoms with van der Waals surface area (Å²) in [5.41, 5.74) is 1.18. The normalized spacial score (nSPS) is 11.1. The van der Waals surface area contributed by atoms with Crippen molar-refractivity contribution in [3.05, 3.63) is 96.8 Å². The van der Waals surface area contributed by atoms with E-state index in [0.29, 0.717) is 16.9 Å². The third-order valence-electron chi connectivity index (χ3n) is 4.72. The van der Waals surface area contributed by atoms with E-state index in [0.717, 1.165) is 11.6 Å². The Hall–Kier alpha value is -4.58. The summed E-state index contributed by atoms with van der Waals surface area (Å²) in [4.78, 5) is 33.7. The van der Waals surface area contributed by atoms with E-state index in [4.69, 9.17) is 4.42 Å². The number of nitro groups is 2. The summed E-state index contributed by atoms with van der Waals surface area (Å²) < 4.78 is 5.67. The van der Waals surface area contributed by atoms with Gasteiger partial charge in [-0.2, -0.15) is 5.26 Å². The van der Waals surface area contributed by atoms with E-state index in [1.807, 2.05) is 0 Å². The van der Waals surface area contributed by atoms with Gasteiger partial charge in [0.15, 0.2) is 0 Å². The van der Waals surface area contributed by atoms with Gasteiger partial charge >= 0.3 is 0 Å². The van der Waals surface area contributed by atoms with E-state index in [1.165, 1.54) is 36.4 Å². The van der Waals surface area contributed by atoms with Gasteiger partial charge in [-0.25, -0.2) is 0 Å². The second kappa shape index (κ2) is 8.42. The van der Waals surface area contributed by atoms with Gasteiger partial charge in [-0.05, 0) is 37.6 Å². The smallest absolute Gasteiger partial charge is 0.273 e. The van der Waals surface area contributed by atoms with Crippen LogP contribution in [0.1, 0.15) is 27.2 Å². The lowest BCUT2D eigenvalue weighted by Gasteiger charge is -2.04. The minimum atomic E-state index is -0.689. The number of hydrogen-bond acceptors (Lipinski definition) is 7. The molecule has 0 fully saturated rings. The molecule has 0 atom stereocenters. The molecule has 1 aromatic heterocycles. The van der Waals surface area contributed by atoms with E-state index >= 15 is 0 Å². The molecular weight excluding hydrogens is 402 g/mol. The molecule has 0 amide bonds. The second-order valence-electron chi connectivity index (χ2n) is 6.70. The van der Waals surface area contributed by atoms with Crippen LogP contribution in [0.2, 0.25) is 0 Å². The summed E-state index contributed by atoms with van der Waals surface area (Å²) in [6, 6.07) is 13.1. The molecule has 31 heavy (non-hydrogen) atoms.